The van der Waals surface area contributed by atoms with Gasteiger partial charge < -0.3 is 37.2 Å². The number of benzene rings is 3. The summed E-state index contributed by atoms with van der Waals surface area (Å²) in [4.78, 5) is 0. The normalized spacial score (nSPS) is 13.2. The summed E-state index contributed by atoms with van der Waals surface area (Å²) in [6.45, 7) is 21.1. The summed E-state index contributed by atoms with van der Waals surface area (Å²) in [6.07, 6.45) is 10.0. The molecule has 0 saturated heterocycles. The van der Waals surface area contributed by atoms with E-state index >= 15 is 0 Å². The first-order chi connectivity index (χ1) is 19.5. The van der Waals surface area contributed by atoms with Gasteiger partial charge in [0.2, 0.25) is 0 Å². The third-order valence-electron chi connectivity index (χ3n) is 9.25. The molecule has 1 aliphatic carbocycles. The molecule has 0 unspecified atom stereocenters. The Balaban J connectivity index is 0.00000323. The zero-order chi connectivity index (χ0) is 29.9. The van der Waals surface area contributed by atoms with Gasteiger partial charge in [-0.15, -0.1) is 0 Å². The largest absolute Gasteiger partial charge is 1.00 e. The predicted molar refractivity (Wildman–Crippen MR) is 179 cm³/mol. The van der Waals surface area contributed by atoms with E-state index in [9.17, 15) is 0 Å². The van der Waals surface area contributed by atoms with Gasteiger partial charge in [-0.05, 0) is 0 Å². The Morgan fingerprint density at radius 2 is 0.795 bits per heavy atom. The summed E-state index contributed by atoms with van der Waals surface area (Å²) >= 11 is 2.44. The van der Waals surface area contributed by atoms with E-state index in [0.717, 1.165) is 44.9 Å². The molecule has 0 aromatic heterocycles. The van der Waals surface area contributed by atoms with Crippen molar-refractivity contribution in [2.75, 3.05) is 0 Å². The molecule has 3 aromatic carbocycles. The Kier molecular flexibility index (Phi) is 16.0. The van der Waals surface area contributed by atoms with E-state index in [0.29, 0.717) is 0 Å². The van der Waals surface area contributed by atoms with Crippen molar-refractivity contribution in [3.63, 3.8) is 0 Å². The van der Waals surface area contributed by atoms with Crippen LogP contribution >= 0.6 is 0 Å². The van der Waals surface area contributed by atoms with Crippen molar-refractivity contribution in [2.45, 2.75) is 107 Å². The number of halogens is 3. The molecule has 4 rings (SSSR count). The Labute approximate surface area is 300 Å². The molecule has 0 spiro atoms. The molecule has 236 valence electrons. The fourth-order valence-electron chi connectivity index (χ4n) is 6.78. The maximum absolute atomic E-state index is 2.63. The quantitative estimate of drug-likeness (QED) is 0.193. The SMILES string of the molecule is CCc1cc(CC)cc([Si](C2=[C]([Ti+3])C(C(C)(C)C)=CC2)(c2cc(CC)cc(CC)c2)c2cc(CC)cc(CC)c2)c1.[Cl-].[Cl-].[Cl-]. The summed E-state index contributed by atoms with van der Waals surface area (Å²) < 4.78 is 1.55. The van der Waals surface area contributed by atoms with Gasteiger partial charge in [0.25, 0.3) is 0 Å². The maximum Gasteiger partial charge on any atom is -1.00 e. The van der Waals surface area contributed by atoms with E-state index < -0.39 is 8.07 Å². The van der Waals surface area contributed by atoms with Crippen molar-refractivity contribution in [2.24, 2.45) is 5.41 Å². The summed E-state index contributed by atoms with van der Waals surface area (Å²) in [5, 5.41) is 6.44. The van der Waals surface area contributed by atoms with Crippen molar-refractivity contribution >= 4 is 23.6 Å². The predicted octanol–water partition coefficient (Wildman–Crippen LogP) is -0.740. The van der Waals surface area contributed by atoms with Crippen LogP contribution in [0.4, 0.5) is 0 Å². The fraction of sp³-hybridized carbons (Fsp3) is 0.436. The summed E-state index contributed by atoms with van der Waals surface area (Å²) in [6, 6.07) is 23.0. The van der Waals surface area contributed by atoms with Crippen LogP contribution in [0.3, 0.4) is 0 Å². The molecule has 5 heteroatoms. The molecule has 44 heavy (non-hydrogen) atoms. The van der Waals surface area contributed by atoms with Gasteiger partial charge in [-0.2, -0.15) is 0 Å². The molecule has 0 heterocycles. The van der Waals surface area contributed by atoms with Crippen LogP contribution in [0.1, 0.15) is 102 Å². The van der Waals surface area contributed by atoms with Crippen LogP contribution in [0.5, 0.6) is 0 Å². The van der Waals surface area contributed by atoms with Crippen LogP contribution in [-0.2, 0) is 59.0 Å². The smallest absolute Gasteiger partial charge is 1.00 e. The molecule has 3 aromatic rings. The van der Waals surface area contributed by atoms with Gasteiger partial charge in [-0.3, -0.25) is 0 Å². The Morgan fingerprint density at radius 3 is 1.00 bits per heavy atom. The number of rotatable bonds is 10. The Morgan fingerprint density at radius 1 is 0.523 bits per heavy atom. The maximum atomic E-state index is 2.61. The topological polar surface area (TPSA) is 0 Å². The minimum absolute atomic E-state index is 0. The van der Waals surface area contributed by atoms with Crippen molar-refractivity contribution in [1.82, 2.24) is 0 Å². The molecule has 0 atom stereocenters. The van der Waals surface area contributed by atoms with Crippen LogP contribution in [0.25, 0.3) is 0 Å². The van der Waals surface area contributed by atoms with Crippen molar-refractivity contribution < 1.29 is 57.7 Å². The first-order valence-electron chi connectivity index (χ1n) is 16.1. The number of hydrogen-bond donors (Lipinski definition) is 0. The van der Waals surface area contributed by atoms with Gasteiger partial charge in [0.1, 0.15) is 0 Å². The standard InChI is InChI=1S/C39H51Si.3ClH.Ti/c1-10-28-18-29(11-2)22-36(21-28)40(35-17-16-34(27-35)39(7,8)9,37-23-30(12-3)19-31(13-4)24-37)38-25-32(14-5)20-33(15-6)26-38;;;;/h16,18-26H,10-15,17H2,1-9H3;3*1H;/q;;;;+3/p-3. The van der Waals surface area contributed by atoms with Crippen molar-refractivity contribution in [3.05, 3.63) is 109 Å². The number of hydrogen-bond acceptors (Lipinski definition) is 0. The van der Waals surface area contributed by atoms with Crippen LogP contribution in [-0.4, -0.2) is 8.07 Å². The van der Waals surface area contributed by atoms with Crippen LogP contribution in [0, 0.1) is 5.41 Å². The molecular formula is C39H51Cl3SiTi. The van der Waals surface area contributed by atoms with E-state index in [1.807, 2.05) is 0 Å². The number of aryl methyl sites for hydroxylation is 6. The fourth-order valence-corrected chi connectivity index (χ4v) is 13.9. The van der Waals surface area contributed by atoms with Gasteiger partial charge in [0, 0.05) is 0 Å². The van der Waals surface area contributed by atoms with Gasteiger partial charge in [-0.1, -0.05) is 0 Å². The molecule has 1 aliphatic rings. The molecule has 0 fully saturated rings. The van der Waals surface area contributed by atoms with E-state index in [1.165, 1.54) is 39.0 Å². The third kappa shape index (κ3) is 8.07. The third-order valence-corrected chi connectivity index (χ3v) is 15.4. The minimum atomic E-state index is -2.63. The summed E-state index contributed by atoms with van der Waals surface area (Å²) in [5.74, 6) is 0. The molecule has 0 aliphatic heterocycles. The van der Waals surface area contributed by atoms with Crippen LogP contribution in [0.2, 0.25) is 0 Å². The average Bonchev–Trinajstić information content (AvgIpc) is 3.38. The molecule has 0 saturated carbocycles. The molecule has 0 amide bonds. The van der Waals surface area contributed by atoms with E-state index in [2.05, 4.69) is 143 Å². The molecule has 0 radical (unpaired) electrons. The zero-order valence-electron chi connectivity index (χ0n) is 28.4. The summed E-state index contributed by atoms with van der Waals surface area (Å²) in [7, 11) is -2.63. The minimum Gasteiger partial charge on any atom is -1.00 e. The Hall–Kier alpha value is -1.06. The van der Waals surface area contributed by atoms with Gasteiger partial charge in [0.15, 0.2) is 0 Å². The van der Waals surface area contributed by atoms with Crippen LogP contribution < -0.4 is 52.8 Å². The van der Waals surface area contributed by atoms with Crippen molar-refractivity contribution in [3.8, 4) is 0 Å². The molecular weight excluding hydrogens is 651 g/mol. The van der Waals surface area contributed by atoms with Gasteiger partial charge in [-0.25, -0.2) is 0 Å². The molecule has 0 N–H and O–H groups in total. The zero-order valence-corrected chi connectivity index (χ0v) is 33.2. The van der Waals surface area contributed by atoms with Crippen molar-refractivity contribution in [1.29, 1.82) is 0 Å². The first-order valence-corrected chi connectivity index (χ1v) is 18.9. The first kappa shape index (κ1) is 41.0. The van der Waals surface area contributed by atoms with E-state index in [-0.39, 0.29) is 42.6 Å². The van der Waals surface area contributed by atoms with E-state index in [1.54, 1.807) is 24.6 Å². The Bertz CT molecular complexity index is 1280. The monoisotopic (exact) mass is 700 g/mol. The second kappa shape index (κ2) is 17.2. The second-order valence-electron chi connectivity index (χ2n) is 12.9. The number of allylic oxidation sites excluding steroid dienone is 4. The van der Waals surface area contributed by atoms with E-state index in [4.69, 9.17) is 0 Å². The van der Waals surface area contributed by atoms with Crippen LogP contribution in [0.15, 0.2) is 75.3 Å². The molecule has 0 bridgehead atoms. The second-order valence-corrected chi connectivity index (χ2v) is 17.5. The molecule has 0 nitrogen and oxygen atoms in total. The summed E-state index contributed by atoms with van der Waals surface area (Å²) in [5.41, 5.74) is 10.5. The van der Waals surface area contributed by atoms with Gasteiger partial charge in [0.05, 0.1) is 0 Å². The average molecular weight is 702 g/mol. The van der Waals surface area contributed by atoms with Gasteiger partial charge >= 0.3 is 265 Å².